The van der Waals surface area contributed by atoms with Gasteiger partial charge < -0.3 is 10.4 Å². The maximum absolute atomic E-state index is 13.3. The lowest BCUT2D eigenvalue weighted by molar-refractivity contribution is -0.117. The molecule has 0 radical (unpaired) electrons. The highest BCUT2D eigenvalue weighted by atomic mass is 35.5. The van der Waals surface area contributed by atoms with Crippen molar-refractivity contribution in [3.63, 3.8) is 0 Å². The summed E-state index contributed by atoms with van der Waals surface area (Å²) < 4.78 is 1.37. The van der Waals surface area contributed by atoms with E-state index in [4.69, 9.17) is 11.6 Å². The molecule has 0 aliphatic carbocycles. The average Bonchev–Trinajstić information content (AvgIpc) is 2.88. The lowest BCUT2D eigenvalue weighted by atomic mass is 10.2. The zero-order valence-corrected chi connectivity index (χ0v) is 19.9. The van der Waals surface area contributed by atoms with Gasteiger partial charge in [0.25, 0.3) is 11.5 Å². The van der Waals surface area contributed by atoms with E-state index >= 15 is 0 Å². The molecule has 1 aromatic heterocycles. The van der Waals surface area contributed by atoms with Crippen molar-refractivity contribution in [3.05, 3.63) is 111 Å². The van der Waals surface area contributed by atoms with E-state index in [9.17, 15) is 20.0 Å². The molecule has 35 heavy (non-hydrogen) atoms. The first-order valence-electron chi connectivity index (χ1n) is 10.5. The van der Waals surface area contributed by atoms with Crippen LogP contribution in [0, 0.1) is 11.3 Å². The molecule has 4 aromatic rings. The highest BCUT2D eigenvalue weighted by Gasteiger charge is 2.19. The number of aliphatic hydroxyl groups excluding tert-OH is 1. The Labute approximate surface area is 210 Å². The molecule has 3 aromatic carbocycles. The van der Waals surface area contributed by atoms with E-state index in [1.54, 1.807) is 54.6 Å². The van der Waals surface area contributed by atoms with Crippen LogP contribution in [0.1, 0.15) is 5.56 Å². The van der Waals surface area contributed by atoms with Crippen LogP contribution in [0.2, 0.25) is 5.02 Å². The zero-order valence-electron chi connectivity index (χ0n) is 18.3. The van der Waals surface area contributed by atoms with Crippen molar-refractivity contribution in [2.24, 2.45) is 0 Å². The fraction of sp³-hybridized carbons (Fsp3) is 0.0769. The number of halogens is 1. The Balaban J connectivity index is 1.64. The van der Waals surface area contributed by atoms with Gasteiger partial charge in [0.05, 0.1) is 27.4 Å². The summed E-state index contributed by atoms with van der Waals surface area (Å²) in [6, 6.07) is 24.7. The minimum Gasteiger partial charge on any atom is -0.510 e. The van der Waals surface area contributed by atoms with Crippen molar-refractivity contribution in [1.29, 1.82) is 5.26 Å². The summed E-state index contributed by atoms with van der Waals surface area (Å²) >= 11 is 7.38. The van der Waals surface area contributed by atoms with Gasteiger partial charge in [-0.25, -0.2) is 4.98 Å². The number of carbonyl (C=O) groups excluding carboxylic acids is 1. The van der Waals surface area contributed by atoms with Crippen molar-refractivity contribution in [2.45, 2.75) is 11.7 Å². The molecule has 9 heteroatoms. The largest absolute Gasteiger partial charge is 0.510 e. The second-order valence-corrected chi connectivity index (χ2v) is 8.74. The molecular formula is C26H19ClN4O3S. The van der Waals surface area contributed by atoms with E-state index in [-0.39, 0.29) is 23.0 Å². The number of benzene rings is 3. The molecule has 2 N–H and O–H groups in total. The second kappa shape index (κ2) is 10.9. The molecule has 1 heterocycles. The van der Waals surface area contributed by atoms with Crippen molar-refractivity contribution >= 4 is 40.2 Å². The molecule has 0 spiro atoms. The van der Waals surface area contributed by atoms with Gasteiger partial charge in [0.2, 0.25) is 0 Å². The Hall–Kier alpha value is -4.06. The van der Waals surface area contributed by atoms with E-state index in [1.807, 2.05) is 30.3 Å². The number of hydrogen-bond acceptors (Lipinski definition) is 6. The molecule has 174 valence electrons. The first kappa shape index (κ1) is 24.1. The van der Waals surface area contributed by atoms with Gasteiger partial charge in [-0.15, -0.1) is 0 Å². The van der Waals surface area contributed by atoms with Crippen LogP contribution in [-0.2, 0) is 11.3 Å². The quantitative estimate of drug-likeness (QED) is 0.124. The number of aromatic nitrogens is 2. The number of thioether (sulfide) groups is 1. The van der Waals surface area contributed by atoms with Crippen LogP contribution in [0.3, 0.4) is 0 Å². The lowest BCUT2D eigenvalue weighted by Crippen LogP contribution is -2.25. The monoisotopic (exact) mass is 502 g/mol. The van der Waals surface area contributed by atoms with Crippen LogP contribution in [0.4, 0.5) is 0 Å². The topological polar surface area (TPSA) is 108 Å². The first-order chi connectivity index (χ1) is 17.0. The second-order valence-electron chi connectivity index (χ2n) is 7.39. The number of hydrogen-bond donors (Lipinski definition) is 2. The van der Waals surface area contributed by atoms with Crippen LogP contribution >= 0.6 is 23.4 Å². The summed E-state index contributed by atoms with van der Waals surface area (Å²) in [5, 5.41) is 23.7. The third-order valence-electron chi connectivity index (χ3n) is 5.10. The summed E-state index contributed by atoms with van der Waals surface area (Å²) in [5.74, 6) is -1.27. The molecule has 0 saturated heterocycles. The number of rotatable bonds is 7. The summed E-state index contributed by atoms with van der Waals surface area (Å²) in [6.45, 7) is 0.212. The normalized spacial score (nSPS) is 11.5. The van der Waals surface area contributed by atoms with Crippen molar-refractivity contribution < 1.29 is 9.90 Å². The molecule has 0 bridgehead atoms. The maximum Gasteiger partial charge on any atom is 0.266 e. The third kappa shape index (κ3) is 5.38. The van der Waals surface area contributed by atoms with E-state index in [0.717, 1.165) is 17.3 Å². The molecule has 1 amide bonds. The van der Waals surface area contributed by atoms with Crippen molar-refractivity contribution in [3.8, 4) is 11.8 Å². The van der Waals surface area contributed by atoms with Crippen molar-refractivity contribution in [2.75, 3.05) is 5.75 Å². The Bertz CT molecular complexity index is 1530. The molecule has 0 saturated carbocycles. The minimum absolute atomic E-state index is 0.156. The van der Waals surface area contributed by atoms with Gasteiger partial charge in [-0.05, 0) is 29.8 Å². The number of nitrogens with one attached hydrogen (secondary N) is 1. The Morgan fingerprint density at radius 2 is 1.74 bits per heavy atom. The first-order valence-corrected chi connectivity index (χ1v) is 11.9. The maximum atomic E-state index is 13.3. The Morgan fingerprint density at radius 1 is 1.06 bits per heavy atom. The van der Waals surface area contributed by atoms with Gasteiger partial charge in [0.1, 0.15) is 11.8 Å². The fourth-order valence-electron chi connectivity index (χ4n) is 3.37. The van der Waals surface area contributed by atoms with E-state index < -0.39 is 17.2 Å². The molecule has 7 nitrogen and oxygen atoms in total. The minimum atomic E-state index is -0.690. The fourth-order valence-corrected chi connectivity index (χ4v) is 4.48. The standard InChI is InChI=1S/C26H19ClN4O3S/c27-20-11-5-7-13-22(20)31-25(34)18-10-4-6-12-21(18)30-26(31)35-16-23(32)19(14-28)24(33)29-15-17-8-2-1-3-9-17/h1-13,32H,15-16H2,(H,29,33). The van der Waals surface area contributed by atoms with E-state index in [1.165, 1.54) is 4.57 Å². The Morgan fingerprint density at radius 3 is 2.49 bits per heavy atom. The Kier molecular flexibility index (Phi) is 7.51. The van der Waals surface area contributed by atoms with Gasteiger partial charge in [0.15, 0.2) is 10.7 Å². The van der Waals surface area contributed by atoms with Crippen molar-refractivity contribution in [1.82, 2.24) is 14.9 Å². The molecule has 4 rings (SSSR count). The average molecular weight is 503 g/mol. The lowest BCUT2D eigenvalue weighted by Gasteiger charge is -2.14. The number of nitriles is 1. The molecule has 0 fully saturated rings. The zero-order chi connectivity index (χ0) is 24.8. The SMILES string of the molecule is N#CC(C(=O)NCc1ccccc1)=C(O)CSc1nc2ccccc2c(=O)n1-c1ccccc1Cl. The molecule has 0 aliphatic heterocycles. The van der Waals surface area contributed by atoms with Crippen LogP contribution in [0.25, 0.3) is 16.6 Å². The number of para-hydroxylation sites is 2. The van der Waals surface area contributed by atoms with Gasteiger partial charge in [-0.2, -0.15) is 5.26 Å². The van der Waals surface area contributed by atoms with E-state index in [2.05, 4.69) is 10.3 Å². The highest BCUT2D eigenvalue weighted by Crippen LogP contribution is 2.27. The van der Waals surface area contributed by atoms with Gasteiger partial charge in [-0.3, -0.25) is 14.2 Å². The van der Waals surface area contributed by atoms with Gasteiger partial charge in [0, 0.05) is 6.54 Å². The predicted octanol–water partition coefficient (Wildman–Crippen LogP) is 4.78. The number of nitrogens with zero attached hydrogens (tertiary/aromatic N) is 3. The molecular weight excluding hydrogens is 484 g/mol. The van der Waals surface area contributed by atoms with Crippen LogP contribution in [-0.4, -0.2) is 26.3 Å². The van der Waals surface area contributed by atoms with Gasteiger partial charge >= 0.3 is 0 Å². The predicted molar refractivity (Wildman–Crippen MR) is 137 cm³/mol. The van der Waals surface area contributed by atoms with Gasteiger partial charge in [-0.1, -0.05) is 78.0 Å². The van der Waals surface area contributed by atoms with E-state index in [0.29, 0.717) is 21.6 Å². The number of aliphatic hydroxyl groups is 1. The number of amides is 1. The molecule has 0 atom stereocenters. The molecule has 0 aliphatic rings. The third-order valence-corrected chi connectivity index (χ3v) is 6.37. The number of fused-ring (bicyclic) bond motifs is 1. The molecule has 0 unspecified atom stereocenters. The summed E-state index contributed by atoms with van der Waals surface area (Å²) in [7, 11) is 0. The van der Waals surface area contributed by atoms with Crippen LogP contribution < -0.4 is 10.9 Å². The highest BCUT2D eigenvalue weighted by molar-refractivity contribution is 7.99. The summed E-state index contributed by atoms with van der Waals surface area (Å²) in [6.07, 6.45) is 0. The summed E-state index contributed by atoms with van der Waals surface area (Å²) in [5.41, 5.74) is 1.05. The number of carbonyl (C=O) groups is 1. The van der Waals surface area contributed by atoms with Crippen LogP contribution in [0.5, 0.6) is 0 Å². The summed E-state index contributed by atoms with van der Waals surface area (Å²) in [4.78, 5) is 30.4. The smallest absolute Gasteiger partial charge is 0.266 e. The van der Waals surface area contributed by atoms with Crippen LogP contribution in [0.15, 0.2) is 100 Å².